The topological polar surface area (TPSA) is 79.3 Å². The van der Waals surface area contributed by atoms with E-state index in [1.165, 1.54) is 4.90 Å². The van der Waals surface area contributed by atoms with Crippen LogP contribution in [-0.4, -0.2) is 43.8 Å². The summed E-state index contributed by atoms with van der Waals surface area (Å²) in [5.41, 5.74) is 1.39. The average Bonchev–Trinajstić information content (AvgIpc) is 3.20. The lowest BCUT2D eigenvalue weighted by Gasteiger charge is -2.26. The van der Waals surface area contributed by atoms with Crippen LogP contribution in [0.15, 0.2) is 53.1 Å². The molecule has 0 fully saturated rings. The lowest BCUT2D eigenvalue weighted by molar-refractivity contribution is -0.460. The maximum atomic E-state index is 13.1. The maximum absolute atomic E-state index is 13.1. The van der Waals surface area contributed by atoms with E-state index in [1.807, 2.05) is 25.2 Å². The summed E-state index contributed by atoms with van der Waals surface area (Å²) in [6, 6.07) is 6.73. The van der Waals surface area contributed by atoms with Crippen molar-refractivity contribution in [1.29, 1.82) is 0 Å². The zero-order chi connectivity index (χ0) is 20.4. The van der Waals surface area contributed by atoms with Gasteiger partial charge in [-0.05, 0) is 36.8 Å². The molecule has 148 valence electrons. The quantitative estimate of drug-likeness (QED) is 0.674. The molecule has 1 unspecified atom stereocenters. The van der Waals surface area contributed by atoms with Gasteiger partial charge in [0, 0.05) is 10.6 Å². The summed E-state index contributed by atoms with van der Waals surface area (Å²) >= 11 is 5.92. The number of aromatic nitrogens is 2. The molecule has 1 aliphatic heterocycles. The Morgan fingerprint density at radius 3 is 2.76 bits per heavy atom. The van der Waals surface area contributed by atoms with E-state index >= 15 is 0 Å². The molecule has 1 aliphatic carbocycles. The predicted molar refractivity (Wildman–Crippen MR) is 108 cm³/mol. The third kappa shape index (κ3) is 3.78. The number of hydrogen-bond acceptors (Lipinski definition) is 5. The fourth-order valence-corrected chi connectivity index (χ4v) is 3.49. The molecular weight excluding hydrogens is 392 g/mol. The highest BCUT2D eigenvalue weighted by molar-refractivity contribution is 6.30. The van der Waals surface area contributed by atoms with Gasteiger partial charge >= 0.3 is 11.9 Å². The fraction of sp³-hybridized carbons (Fsp3) is 0.286. The first-order chi connectivity index (χ1) is 14.1. The number of allylic oxidation sites excluding steroid dienone is 3. The molecule has 0 spiro atoms. The van der Waals surface area contributed by atoms with E-state index in [2.05, 4.69) is 10.1 Å². The van der Waals surface area contributed by atoms with E-state index in [0.717, 1.165) is 18.4 Å². The number of carbonyl (C=O) groups is 2. The van der Waals surface area contributed by atoms with Crippen molar-refractivity contribution in [2.75, 3.05) is 6.54 Å². The van der Waals surface area contributed by atoms with Gasteiger partial charge in [-0.2, -0.15) is 19.3 Å². The molecule has 1 aromatic heterocycles. The van der Waals surface area contributed by atoms with Crippen molar-refractivity contribution in [3.63, 3.8) is 0 Å². The van der Waals surface area contributed by atoms with Crippen LogP contribution < -0.4 is 0 Å². The second-order valence-electron chi connectivity index (χ2n) is 6.88. The highest BCUT2D eigenvalue weighted by Crippen LogP contribution is 2.23. The largest absolute Gasteiger partial charge is 0.501 e. The highest BCUT2D eigenvalue weighted by Gasteiger charge is 2.46. The summed E-state index contributed by atoms with van der Waals surface area (Å²) in [6.07, 6.45) is 8.88. The van der Waals surface area contributed by atoms with E-state index in [-0.39, 0.29) is 18.5 Å². The molecule has 0 N–H and O–H groups in total. The molecule has 29 heavy (non-hydrogen) atoms. The number of amides is 3. The molecule has 2 aromatic rings. The van der Waals surface area contributed by atoms with Gasteiger partial charge in [-0.3, -0.25) is 0 Å². The summed E-state index contributed by atoms with van der Waals surface area (Å²) in [5, 5.41) is 4.62. The average molecular weight is 412 g/mol. The van der Waals surface area contributed by atoms with Crippen molar-refractivity contribution in [2.45, 2.75) is 26.3 Å². The van der Waals surface area contributed by atoms with Crippen LogP contribution in [0.25, 0.3) is 11.4 Å². The second kappa shape index (κ2) is 8.13. The normalized spacial score (nSPS) is 18.6. The summed E-state index contributed by atoms with van der Waals surface area (Å²) in [7, 11) is 0. The monoisotopic (exact) mass is 411 g/mol. The van der Waals surface area contributed by atoms with Gasteiger partial charge in [-0.15, -0.1) is 0 Å². The summed E-state index contributed by atoms with van der Waals surface area (Å²) in [4.78, 5) is 31.6. The zero-order valence-corrected chi connectivity index (χ0v) is 16.7. The van der Waals surface area contributed by atoms with E-state index in [0.29, 0.717) is 29.0 Å². The number of unbranched alkanes of at least 4 members (excludes halogenated alkanes) is 1. The van der Waals surface area contributed by atoms with Crippen molar-refractivity contribution in [3.8, 4) is 11.4 Å². The number of hydrogen-bond donors (Lipinski definition) is 0. The molecule has 1 atom stereocenters. The van der Waals surface area contributed by atoms with Crippen LogP contribution in [0.3, 0.4) is 0 Å². The maximum Gasteiger partial charge on any atom is 0.501 e. The van der Waals surface area contributed by atoms with Crippen molar-refractivity contribution >= 4 is 29.3 Å². The van der Waals surface area contributed by atoms with E-state index in [4.69, 9.17) is 16.1 Å². The number of carbonyl (C=O) groups excluding carboxylic acids is 2. The van der Waals surface area contributed by atoms with Crippen molar-refractivity contribution < 1.29 is 18.7 Å². The van der Waals surface area contributed by atoms with Crippen molar-refractivity contribution in [2.24, 2.45) is 5.92 Å². The molecule has 1 aromatic carbocycles. The Labute approximate surface area is 173 Å². The molecule has 4 rings (SSSR count). The lowest BCUT2D eigenvalue weighted by Crippen LogP contribution is -2.54. The van der Waals surface area contributed by atoms with Crippen LogP contribution in [0, 0.1) is 5.92 Å². The van der Waals surface area contributed by atoms with Crippen LogP contribution in [0.2, 0.25) is 5.02 Å². The highest BCUT2D eigenvalue weighted by atomic mass is 35.5. The molecule has 0 radical (unpaired) electrons. The summed E-state index contributed by atoms with van der Waals surface area (Å²) < 4.78 is 6.92. The minimum Gasteiger partial charge on any atom is -0.335 e. The van der Waals surface area contributed by atoms with Crippen LogP contribution in [0.5, 0.6) is 0 Å². The van der Waals surface area contributed by atoms with Gasteiger partial charge in [0.15, 0.2) is 6.54 Å². The number of urea groups is 1. The Morgan fingerprint density at radius 2 is 2.00 bits per heavy atom. The minimum absolute atomic E-state index is 0.0966. The zero-order valence-electron chi connectivity index (χ0n) is 15.9. The number of nitrogens with zero attached hydrogens (tertiary/aromatic N) is 4. The molecule has 7 nitrogen and oxygen atoms in total. The molecule has 0 bridgehead atoms. The Bertz CT molecular complexity index is 1040. The molecule has 8 heteroatoms. The Hall–Kier alpha value is -3.06. The standard InChI is InChI=1S/C21H20ClN4O3/c1-2-3-12-25-20(27)16-6-4-5-7-17(16)26(21(25)28)13-18-23-19(24-29-18)14-8-10-15(22)11-9-14/h4-11,16H,2-3,12-13H2,1H3/q+1. The van der Waals surface area contributed by atoms with Crippen LogP contribution in [-0.2, 0) is 11.3 Å². The second-order valence-corrected chi connectivity index (χ2v) is 7.31. The number of fused-ring (bicyclic) bond motifs is 1. The predicted octanol–water partition coefficient (Wildman–Crippen LogP) is 3.85. The van der Waals surface area contributed by atoms with E-state index in [9.17, 15) is 9.59 Å². The molecule has 0 saturated carbocycles. The van der Waals surface area contributed by atoms with Crippen LogP contribution >= 0.6 is 11.6 Å². The molecule has 0 saturated heterocycles. The van der Waals surface area contributed by atoms with Gasteiger partial charge in [-0.1, -0.05) is 48.3 Å². The van der Waals surface area contributed by atoms with Gasteiger partial charge in [0.2, 0.25) is 5.82 Å². The van der Waals surface area contributed by atoms with Gasteiger partial charge in [-0.25, -0.2) is 4.79 Å². The Morgan fingerprint density at radius 1 is 1.21 bits per heavy atom. The molecule has 3 amide bonds. The number of rotatable bonds is 6. The van der Waals surface area contributed by atoms with Crippen LogP contribution in [0.1, 0.15) is 25.7 Å². The first-order valence-electron chi connectivity index (χ1n) is 9.51. The Kier molecular flexibility index (Phi) is 5.40. The minimum atomic E-state index is -0.479. The molecule has 2 heterocycles. The molecule has 2 aliphatic rings. The van der Waals surface area contributed by atoms with Gasteiger partial charge in [0.05, 0.1) is 6.54 Å². The Balaban J connectivity index is 1.65. The first kappa shape index (κ1) is 19.3. The smallest absolute Gasteiger partial charge is 0.335 e. The van der Waals surface area contributed by atoms with Crippen molar-refractivity contribution in [1.82, 2.24) is 15.0 Å². The molecular formula is C21H20ClN4O3+. The fourth-order valence-electron chi connectivity index (χ4n) is 3.37. The first-order valence-corrected chi connectivity index (χ1v) is 9.89. The number of halogens is 1. The number of imide groups is 1. The summed E-state index contributed by atoms with van der Waals surface area (Å²) in [6.45, 7) is 2.51. The van der Waals surface area contributed by atoms with Gasteiger partial charge < -0.3 is 4.52 Å². The third-order valence-corrected chi connectivity index (χ3v) is 5.16. The van der Waals surface area contributed by atoms with Crippen molar-refractivity contribution in [3.05, 3.63) is 59.5 Å². The van der Waals surface area contributed by atoms with Gasteiger partial charge in [0.25, 0.3) is 5.89 Å². The summed E-state index contributed by atoms with van der Waals surface area (Å²) in [5.74, 6) is 0.0406. The van der Waals surface area contributed by atoms with Gasteiger partial charge in [0.1, 0.15) is 11.6 Å². The SMILES string of the molecule is CCCCN1C(=O)C2C=CC=CC2=[N+](Cc2nc(-c3ccc(Cl)cc3)no2)C1=O. The number of benzene rings is 1. The van der Waals surface area contributed by atoms with E-state index in [1.54, 1.807) is 34.9 Å². The third-order valence-electron chi connectivity index (χ3n) is 4.91. The van der Waals surface area contributed by atoms with Crippen LogP contribution in [0.4, 0.5) is 4.79 Å². The lowest BCUT2D eigenvalue weighted by atomic mass is 9.94. The van der Waals surface area contributed by atoms with E-state index < -0.39 is 5.92 Å².